The molecule has 1 unspecified atom stereocenters. The predicted molar refractivity (Wildman–Crippen MR) is 82.4 cm³/mol. The van der Waals surface area contributed by atoms with Crippen molar-refractivity contribution in [3.8, 4) is 0 Å². The van der Waals surface area contributed by atoms with Crippen LogP contribution in [-0.2, 0) is 0 Å². The van der Waals surface area contributed by atoms with Crippen LogP contribution in [0.1, 0.15) is 44.5 Å². The van der Waals surface area contributed by atoms with Crippen molar-refractivity contribution in [3.05, 3.63) is 41.6 Å². The molecule has 1 heterocycles. The van der Waals surface area contributed by atoms with Gasteiger partial charge in [-0.05, 0) is 49.6 Å². The van der Waals surface area contributed by atoms with E-state index in [1.165, 1.54) is 10.9 Å². The SMILES string of the molecule is CCC(C)(C)C(NC)c1ccc2nc(C)ccc2c1. The molecule has 0 saturated heterocycles. The van der Waals surface area contributed by atoms with Crippen molar-refractivity contribution in [2.45, 2.75) is 40.2 Å². The van der Waals surface area contributed by atoms with E-state index in [9.17, 15) is 0 Å². The molecule has 0 aliphatic heterocycles. The van der Waals surface area contributed by atoms with Crippen LogP contribution in [0.25, 0.3) is 10.9 Å². The Labute approximate surface area is 116 Å². The summed E-state index contributed by atoms with van der Waals surface area (Å²) in [6.07, 6.45) is 1.14. The van der Waals surface area contributed by atoms with Gasteiger partial charge in [0, 0.05) is 17.1 Å². The molecule has 0 aliphatic carbocycles. The summed E-state index contributed by atoms with van der Waals surface area (Å²) in [6, 6.07) is 11.2. The molecule has 1 atom stereocenters. The van der Waals surface area contributed by atoms with Crippen LogP contribution in [0.15, 0.2) is 30.3 Å². The van der Waals surface area contributed by atoms with E-state index in [1.54, 1.807) is 0 Å². The maximum absolute atomic E-state index is 4.56. The molecular formula is C17H24N2. The second kappa shape index (κ2) is 5.30. The summed E-state index contributed by atoms with van der Waals surface area (Å²) in [5.74, 6) is 0. The normalized spacial score (nSPS) is 13.7. The number of fused-ring (bicyclic) bond motifs is 1. The number of benzene rings is 1. The van der Waals surface area contributed by atoms with E-state index in [1.807, 2.05) is 14.0 Å². The maximum atomic E-state index is 4.56. The molecule has 19 heavy (non-hydrogen) atoms. The average Bonchev–Trinajstić information content (AvgIpc) is 2.39. The van der Waals surface area contributed by atoms with E-state index in [4.69, 9.17) is 0 Å². The van der Waals surface area contributed by atoms with Gasteiger partial charge in [0.15, 0.2) is 0 Å². The van der Waals surface area contributed by atoms with Gasteiger partial charge >= 0.3 is 0 Å². The van der Waals surface area contributed by atoms with Gasteiger partial charge in [0.2, 0.25) is 0 Å². The second-order valence-corrected chi connectivity index (χ2v) is 5.97. The molecule has 102 valence electrons. The van der Waals surface area contributed by atoms with Crippen LogP contribution in [0.5, 0.6) is 0 Å². The summed E-state index contributed by atoms with van der Waals surface area (Å²) in [7, 11) is 2.04. The molecule has 0 radical (unpaired) electrons. The lowest BCUT2D eigenvalue weighted by atomic mass is 9.78. The van der Waals surface area contributed by atoms with Crippen LogP contribution < -0.4 is 5.32 Å². The summed E-state index contributed by atoms with van der Waals surface area (Å²) in [5, 5.41) is 4.68. The van der Waals surface area contributed by atoms with Crippen molar-refractivity contribution in [2.24, 2.45) is 5.41 Å². The fourth-order valence-electron chi connectivity index (χ4n) is 2.64. The number of aromatic nitrogens is 1. The first-order valence-electron chi connectivity index (χ1n) is 7.02. The lowest BCUT2D eigenvalue weighted by Crippen LogP contribution is -2.31. The lowest BCUT2D eigenvalue weighted by Gasteiger charge is -2.33. The minimum Gasteiger partial charge on any atom is -0.313 e. The van der Waals surface area contributed by atoms with E-state index < -0.39 is 0 Å². The second-order valence-electron chi connectivity index (χ2n) is 5.97. The number of hydrogen-bond acceptors (Lipinski definition) is 2. The Morgan fingerprint density at radius 2 is 1.95 bits per heavy atom. The molecular weight excluding hydrogens is 232 g/mol. The van der Waals surface area contributed by atoms with Crippen molar-refractivity contribution < 1.29 is 0 Å². The first-order chi connectivity index (χ1) is 8.97. The van der Waals surface area contributed by atoms with Crippen molar-refractivity contribution in [1.29, 1.82) is 0 Å². The minimum atomic E-state index is 0.237. The molecule has 2 heteroatoms. The molecule has 0 bridgehead atoms. The summed E-state index contributed by atoms with van der Waals surface area (Å²) < 4.78 is 0. The number of nitrogens with one attached hydrogen (secondary N) is 1. The third kappa shape index (κ3) is 2.79. The number of pyridine rings is 1. The molecule has 0 saturated carbocycles. The Kier molecular flexibility index (Phi) is 3.91. The number of hydrogen-bond donors (Lipinski definition) is 1. The molecule has 1 aromatic heterocycles. The number of nitrogens with zero attached hydrogens (tertiary/aromatic N) is 1. The molecule has 2 rings (SSSR count). The van der Waals surface area contributed by atoms with Gasteiger partial charge in [-0.1, -0.05) is 32.9 Å². The highest BCUT2D eigenvalue weighted by Gasteiger charge is 2.27. The van der Waals surface area contributed by atoms with Gasteiger partial charge in [0.25, 0.3) is 0 Å². The van der Waals surface area contributed by atoms with E-state index in [2.05, 4.69) is 61.4 Å². The molecule has 0 fully saturated rings. The molecule has 0 amide bonds. The standard InChI is InChI=1S/C17H24N2/c1-6-17(3,4)16(18-5)14-9-10-15-13(11-14)8-7-12(2)19-15/h7-11,16,18H,6H2,1-5H3. The van der Waals surface area contributed by atoms with Crippen molar-refractivity contribution >= 4 is 10.9 Å². The largest absolute Gasteiger partial charge is 0.313 e. The van der Waals surface area contributed by atoms with Crippen molar-refractivity contribution in [1.82, 2.24) is 10.3 Å². The zero-order valence-electron chi connectivity index (χ0n) is 12.6. The number of rotatable bonds is 4. The quantitative estimate of drug-likeness (QED) is 0.885. The third-order valence-electron chi connectivity index (χ3n) is 4.17. The fourth-order valence-corrected chi connectivity index (χ4v) is 2.64. The van der Waals surface area contributed by atoms with Crippen LogP contribution in [0.4, 0.5) is 0 Å². The molecule has 0 aliphatic rings. The van der Waals surface area contributed by atoms with Crippen LogP contribution in [0.3, 0.4) is 0 Å². The van der Waals surface area contributed by atoms with Crippen LogP contribution >= 0.6 is 0 Å². The smallest absolute Gasteiger partial charge is 0.0705 e. The van der Waals surface area contributed by atoms with Crippen molar-refractivity contribution in [3.63, 3.8) is 0 Å². The van der Waals surface area contributed by atoms with E-state index in [0.29, 0.717) is 6.04 Å². The van der Waals surface area contributed by atoms with Gasteiger partial charge < -0.3 is 5.32 Å². The topological polar surface area (TPSA) is 24.9 Å². The highest BCUT2D eigenvalue weighted by Crippen LogP contribution is 2.36. The monoisotopic (exact) mass is 256 g/mol. The number of aryl methyl sites for hydroxylation is 1. The summed E-state index contributed by atoms with van der Waals surface area (Å²) >= 11 is 0. The predicted octanol–water partition coefficient (Wildman–Crippen LogP) is 4.24. The highest BCUT2D eigenvalue weighted by atomic mass is 14.9. The zero-order valence-corrected chi connectivity index (χ0v) is 12.6. The average molecular weight is 256 g/mol. The Bertz CT molecular complexity index is 572. The van der Waals surface area contributed by atoms with Crippen LogP contribution in [0, 0.1) is 12.3 Å². The molecule has 2 aromatic rings. The Morgan fingerprint density at radius 3 is 2.58 bits per heavy atom. The highest BCUT2D eigenvalue weighted by molar-refractivity contribution is 5.79. The van der Waals surface area contributed by atoms with Gasteiger partial charge in [-0.3, -0.25) is 4.98 Å². The first kappa shape index (κ1) is 14.0. The molecule has 2 nitrogen and oxygen atoms in total. The summed E-state index contributed by atoms with van der Waals surface area (Å²) in [6.45, 7) is 8.90. The van der Waals surface area contributed by atoms with Crippen molar-refractivity contribution in [2.75, 3.05) is 7.05 Å². The van der Waals surface area contributed by atoms with E-state index in [-0.39, 0.29) is 5.41 Å². The van der Waals surface area contributed by atoms with Crippen LogP contribution in [0.2, 0.25) is 0 Å². The van der Waals surface area contributed by atoms with E-state index >= 15 is 0 Å². The lowest BCUT2D eigenvalue weighted by molar-refractivity contribution is 0.245. The molecule has 1 aromatic carbocycles. The third-order valence-corrected chi connectivity index (χ3v) is 4.17. The molecule has 1 N–H and O–H groups in total. The first-order valence-corrected chi connectivity index (χ1v) is 7.02. The summed E-state index contributed by atoms with van der Waals surface area (Å²) in [4.78, 5) is 4.56. The van der Waals surface area contributed by atoms with E-state index in [0.717, 1.165) is 17.6 Å². The Balaban J connectivity index is 2.47. The fraction of sp³-hybridized carbons (Fsp3) is 0.471. The van der Waals surface area contributed by atoms with Gasteiger partial charge in [0.05, 0.1) is 5.52 Å². The molecule has 0 spiro atoms. The van der Waals surface area contributed by atoms with Gasteiger partial charge in [-0.2, -0.15) is 0 Å². The summed E-state index contributed by atoms with van der Waals surface area (Å²) in [5.41, 5.74) is 3.72. The minimum absolute atomic E-state index is 0.237. The Morgan fingerprint density at radius 1 is 1.21 bits per heavy atom. The zero-order chi connectivity index (χ0) is 14.0. The Hall–Kier alpha value is -1.41. The van der Waals surface area contributed by atoms with Gasteiger partial charge in [0.1, 0.15) is 0 Å². The van der Waals surface area contributed by atoms with Gasteiger partial charge in [-0.25, -0.2) is 0 Å². The maximum Gasteiger partial charge on any atom is 0.0705 e. The van der Waals surface area contributed by atoms with Crippen LogP contribution in [-0.4, -0.2) is 12.0 Å². The van der Waals surface area contributed by atoms with Gasteiger partial charge in [-0.15, -0.1) is 0 Å².